The Labute approximate surface area is 59.2 Å². The van der Waals surface area contributed by atoms with Crippen molar-refractivity contribution in [3.05, 3.63) is 23.9 Å². The van der Waals surface area contributed by atoms with E-state index in [0.717, 1.165) is 5.56 Å². The number of pyridine rings is 1. The van der Waals surface area contributed by atoms with E-state index in [1.54, 1.807) is 12.3 Å². The van der Waals surface area contributed by atoms with E-state index in [1.165, 1.54) is 0 Å². The quantitative estimate of drug-likeness (QED) is 0.385. The summed E-state index contributed by atoms with van der Waals surface area (Å²) in [5.41, 5.74) is 8.97. The average molecular weight is 138 g/mol. The van der Waals surface area contributed by atoms with Gasteiger partial charge in [-0.05, 0) is 17.7 Å². The molecule has 10 heavy (non-hydrogen) atoms. The third-order valence-corrected chi connectivity index (χ3v) is 1.15. The summed E-state index contributed by atoms with van der Waals surface area (Å²) in [6.07, 6.45) is 1.65. The standard InChI is InChI=1S/C6H10N4/c7-6-3-5(4-10-8)1-2-9-6/h1-3,10H,4,8H2,(H2,7,9). The highest BCUT2D eigenvalue weighted by atomic mass is 15.2. The van der Waals surface area contributed by atoms with Crippen molar-refractivity contribution < 1.29 is 0 Å². The molecule has 0 aliphatic heterocycles. The van der Waals surface area contributed by atoms with Crippen molar-refractivity contribution in [1.29, 1.82) is 0 Å². The molecule has 0 aliphatic carbocycles. The zero-order chi connectivity index (χ0) is 7.40. The number of nitrogens with two attached hydrogens (primary N) is 2. The van der Waals surface area contributed by atoms with Crippen molar-refractivity contribution in [1.82, 2.24) is 10.4 Å². The van der Waals surface area contributed by atoms with Crippen LogP contribution in [-0.2, 0) is 6.54 Å². The molecular formula is C6H10N4. The lowest BCUT2D eigenvalue weighted by molar-refractivity contribution is 0.741. The maximum atomic E-state index is 5.41. The molecule has 0 fully saturated rings. The largest absolute Gasteiger partial charge is 0.384 e. The zero-order valence-corrected chi connectivity index (χ0v) is 5.54. The van der Waals surface area contributed by atoms with Gasteiger partial charge in [0.15, 0.2) is 0 Å². The molecule has 1 rings (SSSR count). The first-order valence-corrected chi connectivity index (χ1v) is 2.97. The van der Waals surface area contributed by atoms with Gasteiger partial charge in [-0.15, -0.1) is 0 Å². The van der Waals surface area contributed by atoms with E-state index in [2.05, 4.69) is 10.4 Å². The Morgan fingerprint density at radius 2 is 2.40 bits per heavy atom. The average Bonchev–Trinajstić information content (AvgIpc) is 1.88. The molecule has 0 aliphatic rings. The number of rotatable bonds is 2. The van der Waals surface area contributed by atoms with Gasteiger partial charge in [-0.3, -0.25) is 11.3 Å². The second-order valence-corrected chi connectivity index (χ2v) is 1.97. The minimum Gasteiger partial charge on any atom is -0.384 e. The normalized spacial score (nSPS) is 9.70. The van der Waals surface area contributed by atoms with Crippen LogP contribution in [0, 0.1) is 0 Å². The van der Waals surface area contributed by atoms with E-state index in [9.17, 15) is 0 Å². The lowest BCUT2D eigenvalue weighted by Gasteiger charge is -1.98. The molecule has 0 saturated carbocycles. The van der Waals surface area contributed by atoms with Crippen LogP contribution in [0.15, 0.2) is 18.3 Å². The number of aromatic nitrogens is 1. The Morgan fingerprint density at radius 3 is 3.00 bits per heavy atom. The molecule has 0 unspecified atom stereocenters. The van der Waals surface area contributed by atoms with Gasteiger partial charge >= 0.3 is 0 Å². The van der Waals surface area contributed by atoms with Crippen LogP contribution in [0.5, 0.6) is 0 Å². The SMILES string of the molecule is NNCc1ccnc(N)c1. The number of hydrazine groups is 1. The van der Waals surface area contributed by atoms with Crippen molar-refractivity contribution in [3.8, 4) is 0 Å². The van der Waals surface area contributed by atoms with Crippen molar-refractivity contribution in [2.75, 3.05) is 5.73 Å². The summed E-state index contributed by atoms with van der Waals surface area (Å²) in [6.45, 7) is 0.618. The van der Waals surface area contributed by atoms with Gasteiger partial charge in [-0.2, -0.15) is 0 Å². The maximum Gasteiger partial charge on any atom is 0.123 e. The Balaban J connectivity index is 2.75. The molecule has 5 N–H and O–H groups in total. The first-order valence-electron chi connectivity index (χ1n) is 2.97. The molecule has 0 radical (unpaired) electrons. The van der Waals surface area contributed by atoms with Gasteiger partial charge in [-0.25, -0.2) is 4.98 Å². The van der Waals surface area contributed by atoms with Gasteiger partial charge in [0.2, 0.25) is 0 Å². The fourth-order valence-electron chi connectivity index (χ4n) is 0.722. The summed E-state index contributed by atoms with van der Waals surface area (Å²) in [7, 11) is 0. The van der Waals surface area contributed by atoms with E-state index < -0.39 is 0 Å². The number of nitrogens with one attached hydrogen (secondary N) is 1. The maximum absolute atomic E-state index is 5.41. The summed E-state index contributed by atoms with van der Waals surface area (Å²) in [6, 6.07) is 3.64. The Bertz CT molecular complexity index is 211. The van der Waals surface area contributed by atoms with E-state index in [1.807, 2.05) is 6.07 Å². The van der Waals surface area contributed by atoms with Crippen LogP contribution in [0.3, 0.4) is 0 Å². The second kappa shape index (κ2) is 3.14. The topological polar surface area (TPSA) is 77.0 Å². The third kappa shape index (κ3) is 1.68. The molecule has 4 nitrogen and oxygen atoms in total. The lowest BCUT2D eigenvalue weighted by Crippen LogP contribution is -2.20. The van der Waals surface area contributed by atoms with Crippen LogP contribution in [0.1, 0.15) is 5.56 Å². The van der Waals surface area contributed by atoms with Crippen LogP contribution in [-0.4, -0.2) is 4.98 Å². The number of hydrogen-bond acceptors (Lipinski definition) is 4. The Hall–Kier alpha value is -1.13. The van der Waals surface area contributed by atoms with Crippen molar-refractivity contribution in [3.63, 3.8) is 0 Å². The lowest BCUT2D eigenvalue weighted by atomic mass is 10.3. The van der Waals surface area contributed by atoms with Crippen LogP contribution in [0.25, 0.3) is 0 Å². The second-order valence-electron chi connectivity index (χ2n) is 1.97. The fourth-order valence-corrected chi connectivity index (χ4v) is 0.722. The fraction of sp³-hybridized carbons (Fsp3) is 0.167. The van der Waals surface area contributed by atoms with Gasteiger partial charge in [0.05, 0.1) is 0 Å². The van der Waals surface area contributed by atoms with Crippen LogP contribution in [0.2, 0.25) is 0 Å². The Kier molecular flexibility index (Phi) is 2.20. The van der Waals surface area contributed by atoms with E-state index >= 15 is 0 Å². The van der Waals surface area contributed by atoms with Gasteiger partial charge < -0.3 is 5.73 Å². The van der Waals surface area contributed by atoms with Crippen molar-refractivity contribution in [2.24, 2.45) is 5.84 Å². The van der Waals surface area contributed by atoms with Gasteiger partial charge in [-0.1, -0.05) is 0 Å². The zero-order valence-electron chi connectivity index (χ0n) is 5.54. The highest BCUT2D eigenvalue weighted by molar-refractivity contribution is 5.31. The van der Waals surface area contributed by atoms with Crippen LogP contribution in [0.4, 0.5) is 5.82 Å². The molecule has 1 aromatic rings. The molecular weight excluding hydrogens is 128 g/mol. The number of anilines is 1. The summed E-state index contributed by atoms with van der Waals surface area (Å²) in [5.74, 6) is 5.62. The van der Waals surface area contributed by atoms with E-state index in [4.69, 9.17) is 11.6 Å². The molecule has 0 aromatic carbocycles. The molecule has 0 amide bonds. The monoisotopic (exact) mass is 138 g/mol. The molecule has 0 atom stereocenters. The van der Waals surface area contributed by atoms with Crippen LogP contribution < -0.4 is 17.0 Å². The molecule has 0 bridgehead atoms. The number of nitrogen functional groups attached to an aromatic ring is 1. The Morgan fingerprint density at radius 1 is 1.60 bits per heavy atom. The van der Waals surface area contributed by atoms with E-state index in [0.29, 0.717) is 12.4 Å². The summed E-state index contributed by atoms with van der Waals surface area (Å²) >= 11 is 0. The molecule has 4 heteroatoms. The first kappa shape index (κ1) is 6.98. The molecule has 1 aromatic heterocycles. The minimum absolute atomic E-state index is 0.521. The van der Waals surface area contributed by atoms with Gasteiger partial charge in [0.1, 0.15) is 5.82 Å². The van der Waals surface area contributed by atoms with E-state index in [-0.39, 0.29) is 0 Å². The first-order chi connectivity index (χ1) is 4.83. The highest BCUT2D eigenvalue weighted by Crippen LogP contribution is 2.00. The van der Waals surface area contributed by atoms with Crippen molar-refractivity contribution >= 4 is 5.82 Å². The third-order valence-electron chi connectivity index (χ3n) is 1.15. The molecule has 54 valence electrons. The van der Waals surface area contributed by atoms with Gasteiger partial charge in [0.25, 0.3) is 0 Å². The smallest absolute Gasteiger partial charge is 0.123 e. The highest BCUT2D eigenvalue weighted by Gasteiger charge is 1.90. The summed E-state index contributed by atoms with van der Waals surface area (Å²) in [4.78, 5) is 3.83. The summed E-state index contributed by atoms with van der Waals surface area (Å²) < 4.78 is 0. The predicted octanol–water partition coefficient (Wildman–Crippen LogP) is -0.373. The minimum atomic E-state index is 0.521. The number of hydrogen-bond donors (Lipinski definition) is 3. The molecule has 1 heterocycles. The molecule has 0 spiro atoms. The van der Waals surface area contributed by atoms with Crippen LogP contribution >= 0.6 is 0 Å². The number of nitrogens with zero attached hydrogens (tertiary/aromatic N) is 1. The predicted molar refractivity (Wildman–Crippen MR) is 39.7 cm³/mol. The molecule has 0 saturated heterocycles. The van der Waals surface area contributed by atoms with Crippen molar-refractivity contribution in [2.45, 2.75) is 6.54 Å². The van der Waals surface area contributed by atoms with Gasteiger partial charge in [0, 0.05) is 12.7 Å². The summed E-state index contributed by atoms with van der Waals surface area (Å²) in [5, 5.41) is 0.